The van der Waals surface area contributed by atoms with Crippen LogP contribution in [0.4, 0.5) is 0 Å². The van der Waals surface area contributed by atoms with Crippen molar-refractivity contribution in [3.8, 4) is 0 Å². The average Bonchev–Trinajstić information content (AvgIpc) is 1.86. The summed E-state index contributed by atoms with van der Waals surface area (Å²) >= 11 is 20.3. The SMILES string of the molecule is Clc1ccc(C(Cl)(Cl)Br)cc1. The summed E-state index contributed by atoms with van der Waals surface area (Å²) in [6, 6.07) is 6.99. The van der Waals surface area contributed by atoms with E-state index in [1.807, 2.05) is 0 Å². The fourth-order valence-electron chi connectivity index (χ4n) is 0.639. The fourth-order valence-corrected chi connectivity index (χ4v) is 1.28. The van der Waals surface area contributed by atoms with Crippen LogP contribution in [0.5, 0.6) is 0 Å². The minimum Gasteiger partial charge on any atom is -0.0843 e. The summed E-state index contributed by atoms with van der Waals surface area (Å²) < 4.78 is -1.02. The number of rotatable bonds is 1. The third kappa shape index (κ3) is 2.83. The van der Waals surface area contributed by atoms with Gasteiger partial charge in [0.05, 0.1) is 0 Å². The Morgan fingerprint density at radius 1 is 1.09 bits per heavy atom. The highest BCUT2D eigenvalue weighted by atomic mass is 79.9. The summed E-state index contributed by atoms with van der Waals surface area (Å²) in [4.78, 5) is 0. The van der Waals surface area contributed by atoms with Crippen LogP contribution in [-0.2, 0) is 3.24 Å². The maximum atomic E-state index is 5.75. The summed E-state index contributed by atoms with van der Waals surface area (Å²) in [6.07, 6.45) is 0. The minimum atomic E-state index is -1.02. The molecule has 0 atom stereocenters. The van der Waals surface area contributed by atoms with Gasteiger partial charge in [0, 0.05) is 5.02 Å². The second-order valence-corrected chi connectivity index (χ2v) is 5.87. The summed E-state index contributed by atoms with van der Waals surface area (Å²) in [6.45, 7) is 0. The van der Waals surface area contributed by atoms with Gasteiger partial charge in [0.1, 0.15) is 0 Å². The number of alkyl halides is 3. The van der Waals surface area contributed by atoms with Crippen LogP contribution in [0.1, 0.15) is 5.56 Å². The van der Waals surface area contributed by atoms with E-state index in [4.69, 9.17) is 34.8 Å². The lowest BCUT2D eigenvalue weighted by molar-refractivity contribution is 1.29. The Bertz CT molecular complexity index is 237. The van der Waals surface area contributed by atoms with Crippen molar-refractivity contribution < 1.29 is 0 Å². The van der Waals surface area contributed by atoms with Crippen molar-refractivity contribution >= 4 is 50.7 Å². The highest BCUT2D eigenvalue weighted by Gasteiger charge is 2.21. The Morgan fingerprint density at radius 3 is 1.91 bits per heavy atom. The first kappa shape index (κ1) is 9.66. The molecule has 4 heteroatoms. The molecular formula is C7H4BrCl3. The molecule has 1 rings (SSSR count). The standard InChI is InChI=1S/C7H4BrCl3/c8-7(10,11)5-1-3-6(9)4-2-5/h1-4H. The molecule has 0 unspecified atom stereocenters. The first-order chi connectivity index (χ1) is 5.00. The van der Waals surface area contributed by atoms with Gasteiger partial charge in [-0.25, -0.2) is 0 Å². The van der Waals surface area contributed by atoms with Crippen LogP contribution in [0.25, 0.3) is 0 Å². The number of halogens is 4. The van der Waals surface area contributed by atoms with Gasteiger partial charge in [-0.3, -0.25) is 0 Å². The molecule has 0 aliphatic rings. The van der Waals surface area contributed by atoms with Crippen molar-refractivity contribution in [3.05, 3.63) is 34.9 Å². The molecule has 0 saturated heterocycles. The van der Waals surface area contributed by atoms with Crippen LogP contribution in [0.2, 0.25) is 5.02 Å². The molecule has 0 aliphatic heterocycles. The largest absolute Gasteiger partial charge is 0.197 e. The van der Waals surface area contributed by atoms with Crippen LogP contribution >= 0.6 is 50.7 Å². The third-order valence-corrected chi connectivity index (χ3v) is 2.32. The van der Waals surface area contributed by atoms with Crippen molar-refractivity contribution in [1.82, 2.24) is 0 Å². The van der Waals surface area contributed by atoms with Gasteiger partial charge in [-0.2, -0.15) is 0 Å². The summed E-state index contributed by atoms with van der Waals surface area (Å²) in [5.41, 5.74) is 0.769. The molecule has 0 spiro atoms. The van der Waals surface area contributed by atoms with E-state index < -0.39 is 3.24 Å². The molecule has 0 aromatic heterocycles. The van der Waals surface area contributed by atoms with Gasteiger partial charge in [-0.05, 0) is 33.6 Å². The van der Waals surface area contributed by atoms with E-state index in [0.717, 1.165) is 5.56 Å². The average molecular weight is 274 g/mol. The summed E-state index contributed by atoms with van der Waals surface area (Å²) in [5, 5.41) is 0.666. The van der Waals surface area contributed by atoms with E-state index in [1.54, 1.807) is 24.3 Å². The quantitative estimate of drug-likeness (QED) is 0.669. The zero-order valence-electron chi connectivity index (χ0n) is 5.32. The lowest BCUT2D eigenvalue weighted by Crippen LogP contribution is -1.97. The van der Waals surface area contributed by atoms with E-state index in [-0.39, 0.29) is 0 Å². The monoisotopic (exact) mass is 272 g/mol. The zero-order chi connectivity index (χ0) is 8.48. The molecule has 0 bridgehead atoms. The van der Waals surface area contributed by atoms with Gasteiger partial charge in [-0.1, -0.05) is 46.9 Å². The van der Waals surface area contributed by atoms with Crippen molar-refractivity contribution in [1.29, 1.82) is 0 Å². The van der Waals surface area contributed by atoms with E-state index in [2.05, 4.69) is 15.9 Å². The molecule has 1 aromatic carbocycles. The van der Waals surface area contributed by atoms with E-state index >= 15 is 0 Å². The molecule has 0 heterocycles. The first-order valence-electron chi connectivity index (χ1n) is 2.83. The molecular weight excluding hydrogens is 270 g/mol. The van der Waals surface area contributed by atoms with Crippen LogP contribution in [0.3, 0.4) is 0 Å². The molecule has 0 aliphatic carbocycles. The summed E-state index contributed by atoms with van der Waals surface area (Å²) in [7, 11) is 0. The van der Waals surface area contributed by atoms with Gasteiger partial charge in [0.2, 0.25) is 0 Å². The van der Waals surface area contributed by atoms with Gasteiger partial charge in [-0.15, -0.1) is 0 Å². The molecule has 0 fully saturated rings. The first-order valence-corrected chi connectivity index (χ1v) is 4.75. The second kappa shape index (κ2) is 3.53. The second-order valence-electron chi connectivity index (χ2n) is 2.00. The number of benzene rings is 1. The molecule has 0 amide bonds. The maximum absolute atomic E-state index is 5.75. The predicted octanol–water partition coefficient (Wildman–Crippen LogP) is 4.32. The molecule has 0 radical (unpaired) electrons. The minimum absolute atomic E-state index is 0.666. The van der Waals surface area contributed by atoms with E-state index in [9.17, 15) is 0 Å². The van der Waals surface area contributed by atoms with E-state index in [1.165, 1.54) is 0 Å². The van der Waals surface area contributed by atoms with E-state index in [0.29, 0.717) is 5.02 Å². The molecule has 11 heavy (non-hydrogen) atoms. The van der Waals surface area contributed by atoms with Gasteiger partial charge >= 0.3 is 0 Å². The highest BCUT2D eigenvalue weighted by molar-refractivity contribution is 9.10. The number of hydrogen-bond donors (Lipinski definition) is 0. The molecule has 0 saturated carbocycles. The Hall–Kier alpha value is 0.570. The van der Waals surface area contributed by atoms with Crippen LogP contribution < -0.4 is 0 Å². The topological polar surface area (TPSA) is 0 Å². The normalized spacial score (nSPS) is 11.6. The van der Waals surface area contributed by atoms with Crippen molar-refractivity contribution in [2.45, 2.75) is 3.24 Å². The van der Waals surface area contributed by atoms with Crippen molar-refractivity contribution in [2.24, 2.45) is 0 Å². The van der Waals surface area contributed by atoms with Crippen LogP contribution in [-0.4, -0.2) is 0 Å². The predicted molar refractivity (Wildman–Crippen MR) is 53.8 cm³/mol. The van der Waals surface area contributed by atoms with Crippen LogP contribution in [0.15, 0.2) is 24.3 Å². The Balaban J connectivity index is 2.99. The Labute approximate surface area is 88.6 Å². The fraction of sp³-hybridized carbons (Fsp3) is 0.143. The van der Waals surface area contributed by atoms with Crippen molar-refractivity contribution in [2.75, 3.05) is 0 Å². The third-order valence-electron chi connectivity index (χ3n) is 1.17. The number of hydrogen-bond acceptors (Lipinski definition) is 0. The van der Waals surface area contributed by atoms with Crippen molar-refractivity contribution in [3.63, 3.8) is 0 Å². The summed E-state index contributed by atoms with van der Waals surface area (Å²) in [5.74, 6) is 0. The molecule has 0 nitrogen and oxygen atoms in total. The van der Waals surface area contributed by atoms with Gasteiger partial charge in [0.25, 0.3) is 0 Å². The molecule has 60 valence electrons. The Morgan fingerprint density at radius 2 is 1.55 bits per heavy atom. The lowest BCUT2D eigenvalue weighted by atomic mass is 10.2. The lowest BCUT2D eigenvalue weighted by Gasteiger charge is -2.10. The van der Waals surface area contributed by atoms with Crippen LogP contribution in [0, 0.1) is 0 Å². The van der Waals surface area contributed by atoms with Gasteiger partial charge in [0.15, 0.2) is 3.24 Å². The smallest absolute Gasteiger partial charge is 0.0843 e. The maximum Gasteiger partial charge on any atom is 0.197 e. The highest BCUT2D eigenvalue weighted by Crippen LogP contribution is 2.40. The molecule has 1 aromatic rings. The molecule has 0 N–H and O–H groups in total. The zero-order valence-corrected chi connectivity index (χ0v) is 9.18. The Kier molecular flexibility index (Phi) is 3.10. The van der Waals surface area contributed by atoms with Gasteiger partial charge < -0.3 is 0 Å².